The molecular formula is C15H17N5OS2. The number of anilines is 2. The number of carbonyl (C=O) groups excluding carboxylic acids is 1. The summed E-state index contributed by atoms with van der Waals surface area (Å²) in [6, 6.07) is 11.5. The molecule has 1 N–H and O–H groups in total. The van der Waals surface area contributed by atoms with Gasteiger partial charge < -0.3 is 10.2 Å². The summed E-state index contributed by atoms with van der Waals surface area (Å²) < 4.78 is 0.752. The number of hydrogen-bond donors (Lipinski definition) is 1. The largest absolute Gasteiger partial charge is 0.360 e. The van der Waals surface area contributed by atoms with Crippen LogP contribution >= 0.6 is 23.1 Å². The summed E-state index contributed by atoms with van der Waals surface area (Å²) in [6.45, 7) is 3.16. The number of nitrogens with zero attached hydrogens (tertiary/aromatic N) is 4. The highest BCUT2D eigenvalue weighted by Gasteiger charge is 2.16. The maximum Gasteiger partial charge on any atom is 0.237 e. The molecule has 1 aromatic heterocycles. The van der Waals surface area contributed by atoms with Crippen molar-refractivity contribution in [2.75, 3.05) is 29.1 Å². The van der Waals surface area contributed by atoms with Gasteiger partial charge in [0.1, 0.15) is 0 Å². The Morgan fingerprint density at radius 2 is 2.17 bits per heavy atom. The Hall–Kier alpha value is -2.11. The fourth-order valence-corrected chi connectivity index (χ4v) is 3.56. The van der Waals surface area contributed by atoms with Gasteiger partial charge in [-0.2, -0.15) is 5.26 Å². The molecule has 0 saturated carbocycles. The zero-order valence-electron chi connectivity index (χ0n) is 12.7. The lowest BCUT2D eigenvalue weighted by atomic mass is 10.2. The Labute approximate surface area is 143 Å². The highest BCUT2D eigenvalue weighted by Crippen LogP contribution is 2.26. The molecule has 0 unspecified atom stereocenters. The zero-order chi connectivity index (χ0) is 16.5. The molecule has 0 radical (unpaired) electrons. The van der Waals surface area contributed by atoms with E-state index >= 15 is 0 Å². The first-order valence-electron chi connectivity index (χ1n) is 7.17. The second-order valence-corrected chi connectivity index (χ2v) is 6.68. The molecule has 8 heteroatoms. The molecule has 0 fully saturated rings. The van der Waals surface area contributed by atoms with Gasteiger partial charge in [-0.1, -0.05) is 41.3 Å². The van der Waals surface area contributed by atoms with E-state index in [4.69, 9.17) is 5.26 Å². The van der Waals surface area contributed by atoms with E-state index in [1.54, 1.807) is 4.90 Å². The maximum atomic E-state index is 12.5. The van der Waals surface area contributed by atoms with Crippen molar-refractivity contribution in [3.8, 4) is 6.07 Å². The lowest BCUT2D eigenvalue weighted by Gasteiger charge is -2.21. The lowest BCUT2D eigenvalue weighted by molar-refractivity contribution is -0.116. The number of nitriles is 1. The van der Waals surface area contributed by atoms with Crippen molar-refractivity contribution in [2.24, 2.45) is 0 Å². The number of carbonyl (C=O) groups is 1. The molecule has 2 aromatic rings. The van der Waals surface area contributed by atoms with Gasteiger partial charge in [0.2, 0.25) is 11.0 Å². The topological polar surface area (TPSA) is 81.9 Å². The molecule has 0 spiro atoms. The third kappa shape index (κ3) is 5.23. The van der Waals surface area contributed by atoms with Crippen LogP contribution in [0, 0.1) is 11.3 Å². The van der Waals surface area contributed by atoms with Crippen LogP contribution in [0.5, 0.6) is 0 Å². The maximum absolute atomic E-state index is 12.5. The molecular weight excluding hydrogens is 330 g/mol. The summed E-state index contributed by atoms with van der Waals surface area (Å²) in [5.41, 5.74) is 0.805. The van der Waals surface area contributed by atoms with Gasteiger partial charge in [0, 0.05) is 18.8 Å². The molecule has 0 aliphatic carbocycles. The fraction of sp³-hybridized carbons (Fsp3) is 0.333. The first kappa shape index (κ1) is 17.2. The number of amides is 1. The summed E-state index contributed by atoms with van der Waals surface area (Å²) in [7, 11) is 0. The first-order valence-corrected chi connectivity index (χ1v) is 8.97. The van der Waals surface area contributed by atoms with Gasteiger partial charge in [0.25, 0.3) is 0 Å². The standard InChI is InChI=1S/C15H17N5OS2/c1-2-17-14-18-19-15(23-14)22-11-13(21)20(10-6-9-16)12-7-4-3-5-8-12/h3-5,7-8H,2,6,10-11H2,1H3,(H,17,18). The molecule has 0 bridgehead atoms. The van der Waals surface area contributed by atoms with E-state index in [2.05, 4.69) is 21.6 Å². The van der Waals surface area contributed by atoms with Crippen molar-refractivity contribution < 1.29 is 4.79 Å². The minimum absolute atomic E-state index is 0.0448. The molecule has 1 aromatic carbocycles. The van der Waals surface area contributed by atoms with Crippen molar-refractivity contribution in [1.82, 2.24) is 10.2 Å². The number of thioether (sulfide) groups is 1. The van der Waals surface area contributed by atoms with Crippen molar-refractivity contribution in [3.05, 3.63) is 30.3 Å². The second kappa shape index (κ2) is 9.12. The Morgan fingerprint density at radius 3 is 2.87 bits per heavy atom. The van der Waals surface area contributed by atoms with Gasteiger partial charge in [0.15, 0.2) is 4.34 Å². The first-order chi connectivity index (χ1) is 11.2. The molecule has 2 rings (SSSR count). The lowest BCUT2D eigenvalue weighted by Crippen LogP contribution is -2.33. The molecule has 1 heterocycles. The molecule has 0 atom stereocenters. The van der Waals surface area contributed by atoms with E-state index in [1.807, 2.05) is 37.3 Å². The van der Waals surface area contributed by atoms with Gasteiger partial charge in [-0.05, 0) is 19.1 Å². The Balaban J connectivity index is 1.98. The summed E-state index contributed by atoms with van der Waals surface area (Å²) >= 11 is 2.79. The quantitative estimate of drug-likeness (QED) is 0.739. The molecule has 23 heavy (non-hydrogen) atoms. The number of benzene rings is 1. The van der Waals surface area contributed by atoms with Gasteiger partial charge in [-0.25, -0.2) is 0 Å². The van der Waals surface area contributed by atoms with Crippen LogP contribution < -0.4 is 10.2 Å². The van der Waals surface area contributed by atoms with Gasteiger partial charge >= 0.3 is 0 Å². The van der Waals surface area contributed by atoms with Crippen LogP contribution in [0.4, 0.5) is 10.8 Å². The van der Waals surface area contributed by atoms with Gasteiger partial charge in [-0.3, -0.25) is 4.79 Å². The highest BCUT2D eigenvalue weighted by molar-refractivity contribution is 8.01. The smallest absolute Gasteiger partial charge is 0.237 e. The highest BCUT2D eigenvalue weighted by atomic mass is 32.2. The zero-order valence-corrected chi connectivity index (χ0v) is 14.4. The minimum Gasteiger partial charge on any atom is -0.360 e. The van der Waals surface area contributed by atoms with Gasteiger partial charge in [-0.15, -0.1) is 10.2 Å². The van der Waals surface area contributed by atoms with Crippen LogP contribution in [0.15, 0.2) is 34.7 Å². The number of aromatic nitrogens is 2. The summed E-state index contributed by atoms with van der Waals surface area (Å²) in [5.74, 6) is 0.220. The Bertz CT molecular complexity index is 668. The number of hydrogen-bond acceptors (Lipinski definition) is 7. The molecule has 6 nitrogen and oxygen atoms in total. The van der Waals surface area contributed by atoms with Crippen molar-refractivity contribution >= 4 is 39.8 Å². The monoisotopic (exact) mass is 347 g/mol. The second-order valence-electron chi connectivity index (χ2n) is 4.48. The average molecular weight is 347 g/mol. The summed E-state index contributed by atoms with van der Waals surface area (Å²) in [6.07, 6.45) is 0.300. The van der Waals surface area contributed by atoms with Crippen LogP contribution in [-0.4, -0.2) is 34.9 Å². The summed E-state index contributed by atoms with van der Waals surface area (Å²) in [5, 5.41) is 20.7. The molecule has 0 saturated heterocycles. The molecule has 0 aliphatic rings. The molecule has 120 valence electrons. The van der Waals surface area contributed by atoms with E-state index in [0.29, 0.717) is 13.0 Å². The number of nitrogens with one attached hydrogen (secondary N) is 1. The average Bonchev–Trinajstić information content (AvgIpc) is 3.02. The predicted octanol–water partition coefficient (Wildman–Crippen LogP) is 3.01. The third-order valence-electron chi connectivity index (χ3n) is 2.87. The van der Waals surface area contributed by atoms with Gasteiger partial charge in [0.05, 0.1) is 18.2 Å². The summed E-state index contributed by atoms with van der Waals surface area (Å²) in [4.78, 5) is 14.1. The van der Waals surface area contributed by atoms with Crippen molar-refractivity contribution in [3.63, 3.8) is 0 Å². The van der Waals surface area contributed by atoms with E-state index in [9.17, 15) is 4.79 Å². The van der Waals surface area contributed by atoms with Crippen molar-refractivity contribution in [2.45, 2.75) is 17.7 Å². The van der Waals surface area contributed by atoms with E-state index in [-0.39, 0.29) is 11.7 Å². The number of para-hydroxylation sites is 1. The Kier molecular flexibility index (Phi) is 6.84. The van der Waals surface area contributed by atoms with Crippen LogP contribution in [0.3, 0.4) is 0 Å². The molecule has 0 aliphatic heterocycles. The predicted molar refractivity (Wildman–Crippen MR) is 93.8 cm³/mol. The molecule has 1 amide bonds. The van der Waals surface area contributed by atoms with Crippen LogP contribution in [-0.2, 0) is 4.79 Å². The third-order valence-corrected chi connectivity index (χ3v) is 4.87. The van der Waals surface area contributed by atoms with Crippen LogP contribution in [0.1, 0.15) is 13.3 Å². The minimum atomic E-state index is -0.0448. The van der Waals surface area contributed by atoms with E-state index in [1.165, 1.54) is 23.1 Å². The normalized spacial score (nSPS) is 10.1. The van der Waals surface area contributed by atoms with E-state index in [0.717, 1.165) is 21.7 Å². The fourth-order valence-electron chi connectivity index (χ4n) is 1.86. The SMILES string of the molecule is CCNc1nnc(SCC(=O)N(CCC#N)c2ccccc2)s1. The van der Waals surface area contributed by atoms with E-state index < -0.39 is 0 Å². The Morgan fingerprint density at radius 1 is 1.39 bits per heavy atom. The van der Waals surface area contributed by atoms with Crippen molar-refractivity contribution in [1.29, 1.82) is 5.26 Å². The van der Waals surface area contributed by atoms with Crippen LogP contribution in [0.2, 0.25) is 0 Å². The van der Waals surface area contributed by atoms with Crippen LogP contribution in [0.25, 0.3) is 0 Å². The number of rotatable bonds is 8.